The number of hydrogen-bond acceptors (Lipinski definition) is 4. The summed E-state index contributed by atoms with van der Waals surface area (Å²) >= 11 is 0. The summed E-state index contributed by atoms with van der Waals surface area (Å²) in [4.78, 5) is 40.8. The van der Waals surface area contributed by atoms with Gasteiger partial charge in [0.2, 0.25) is 0 Å². The third-order valence-corrected chi connectivity index (χ3v) is 5.23. The molecule has 2 aliphatic heterocycles. The Hall–Kier alpha value is -2.01. The molecule has 1 saturated heterocycles. The van der Waals surface area contributed by atoms with Gasteiger partial charge in [-0.1, -0.05) is 25.1 Å². The summed E-state index contributed by atoms with van der Waals surface area (Å²) in [5.41, 5.74) is 1.67. The van der Waals surface area contributed by atoms with Crippen molar-refractivity contribution in [2.75, 3.05) is 13.1 Å². The smallest absolute Gasteiger partial charge is 0.255 e. The molecule has 1 unspecified atom stereocenters. The molecule has 2 aliphatic rings. The van der Waals surface area contributed by atoms with Crippen molar-refractivity contribution in [3.8, 4) is 0 Å². The number of hydrogen-bond donors (Lipinski definition) is 0. The standard InChI is InChI=1S/C19H24N2O3/c1-3-17(22)16-9-6-10-20(16)12-18(23)13(2)21-11-14-7-4-5-8-15(14)19(21)24/h4-5,7-8,13,16H,3,6,9-12H2,1-2H3/t13-,16?/m0/s1. The Morgan fingerprint density at radius 3 is 2.75 bits per heavy atom. The average Bonchev–Trinajstić information content (AvgIpc) is 3.18. The van der Waals surface area contributed by atoms with Crippen LogP contribution in [0.15, 0.2) is 24.3 Å². The largest absolute Gasteiger partial charge is 0.324 e. The van der Waals surface area contributed by atoms with Crippen LogP contribution in [0.4, 0.5) is 0 Å². The second-order valence-corrected chi connectivity index (χ2v) is 6.68. The van der Waals surface area contributed by atoms with Crippen molar-refractivity contribution in [2.45, 2.75) is 51.7 Å². The topological polar surface area (TPSA) is 57.7 Å². The Kier molecular flexibility index (Phi) is 4.81. The van der Waals surface area contributed by atoms with Gasteiger partial charge in [0.05, 0.1) is 18.6 Å². The molecule has 3 rings (SSSR count). The van der Waals surface area contributed by atoms with Gasteiger partial charge in [0.1, 0.15) is 5.78 Å². The number of rotatable bonds is 6. The molecule has 128 valence electrons. The summed E-state index contributed by atoms with van der Waals surface area (Å²) in [6.07, 6.45) is 2.29. The summed E-state index contributed by atoms with van der Waals surface area (Å²) in [5, 5.41) is 0. The number of ketones is 2. The molecule has 1 aromatic carbocycles. The normalized spacial score (nSPS) is 21.8. The molecule has 2 heterocycles. The highest BCUT2D eigenvalue weighted by molar-refractivity contribution is 6.01. The number of amides is 1. The summed E-state index contributed by atoms with van der Waals surface area (Å²) in [7, 11) is 0. The molecule has 0 aromatic heterocycles. The fourth-order valence-corrected chi connectivity index (χ4v) is 3.71. The van der Waals surface area contributed by atoms with Gasteiger partial charge < -0.3 is 4.90 Å². The van der Waals surface area contributed by atoms with E-state index in [4.69, 9.17) is 0 Å². The molecule has 0 spiro atoms. The lowest BCUT2D eigenvalue weighted by molar-refractivity contribution is -0.127. The molecule has 0 saturated carbocycles. The fourth-order valence-electron chi connectivity index (χ4n) is 3.71. The van der Waals surface area contributed by atoms with Crippen LogP contribution >= 0.6 is 0 Å². The lowest BCUT2D eigenvalue weighted by atomic mass is 10.1. The van der Waals surface area contributed by atoms with Crippen LogP contribution in [-0.4, -0.2) is 52.4 Å². The molecule has 5 heteroatoms. The molecular weight excluding hydrogens is 304 g/mol. The lowest BCUT2D eigenvalue weighted by Crippen LogP contribution is -2.46. The predicted molar refractivity (Wildman–Crippen MR) is 90.7 cm³/mol. The molecular formula is C19H24N2O3. The second-order valence-electron chi connectivity index (χ2n) is 6.68. The van der Waals surface area contributed by atoms with Crippen molar-refractivity contribution >= 4 is 17.5 Å². The molecule has 0 N–H and O–H groups in total. The van der Waals surface area contributed by atoms with Gasteiger partial charge in [0.25, 0.3) is 5.91 Å². The summed E-state index contributed by atoms with van der Waals surface area (Å²) in [6.45, 7) is 5.17. The van der Waals surface area contributed by atoms with E-state index in [0.29, 0.717) is 18.5 Å². The van der Waals surface area contributed by atoms with Crippen LogP contribution in [0.2, 0.25) is 0 Å². The van der Waals surface area contributed by atoms with E-state index in [1.54, 1.807) is 11.8 Å². The van der Waals surface area contributed by atoms with E-state index in [-0.39, 0.29) is 30.1 Å². The molecule has 2 atom stereocenters. The Morgan fingerprint density at radius 2 is 2.04 bits per heavy atom. The van der Waals surface area contributed by atoms with E-state index in [1.165, 1.54) is 0 Å². The molecule has 0 radical (unpaired) electrons. The zero-order valence-corrected chi connectivity index (χ0v) is 14.3. The third kappa shape index (κ3) is 3.00. The van der Waals surface area contributed by atoms with E-state index in [9.17, 15) is 14.4 Å². The first-order valence-corrected chi connectivity index (χ1v) is 8.71. The molecule has 1 fully saturated rings. The van der Waals surface area contributed by atoms with E-state index in [1.807, 2.05) is 36.1 Å². The number of carbonyl (C=O) groups is 3. The van der Waals surface area contributed by atoms with Crippen molar-refractivity contribution in [1.82, 2.24) is 9.80 Å². The molecule has 0 bridgehead atoms. The quantitative estimate of drug-likeness (QED) is 0.802. The lowest BCUT2D eigenvalue weighted by Gasteiger charge is -2.27. The monoisotopic (exact) mass is 328 g/mol. The highest BCUT2D eigenvalue weighted by atomic mass is 16.2. The van der Waals surface area contributed by atoms with Gasteiger partial charge >= 0.3 is 0 Å². The number of carbonyl (C=O) groups excluding carboxylic acids is 3. The van der Waals surface area contributed by atoms with Crippen molar-refractivity contribution in [1.29, 1.82) is 0 Å². The number of likely N-dealkylation sites (tertiary alicyclic amines) is 1. The number of fused-ring (bicyclic) bond motifs is 1. The maximum atomic E-state index is 12.7. The molecule has 24 heavy (non-hydrogen) atoms. The van der Waals surface area contributed by atoms with E-state index < -0.39 is 6.04 Å². The summed E-state index contributed by atoms with van der Waals surface area (Å²) in [6, 6.07) is 6.90. The minimum absolute atomic E-state index is 0.00644. The van der Waals surface area contributed by atoms with E-state index in [2.05, 4.69) is 0 Å². The van der Waals surface area contributed by atoms with Crippen LogP contribution < -0.4 is 0 Å². The van der Waals surface area contributed by atoms with Crippen molar-refractivity contribution < 1.29 is 14.4 Å². The zero-order chi connectivity index (χ0) is 17.3. The molecule has 0 aliphatic carbocycles. The van der Waals surface area contributed by atoms with Crippen LogP contribution in [0, 0.1) is 0 Å². The van der Waals surface area contributed by atoms with Gasteiger partial charge in [-0.2, -0.15) is 0 Å². The first kappa shape index (κ1) is 16.8. The first-order chi connectivity index (χ1) is 11.5. The van der Waals surface area contributed by atoms with Crippen LogP contribution in [-0.2, 0) is 16.1 Å². The SMILES string of the molecule is CCC(=O)C1CCCN1CC(=O)[C@H](C)N1Cc2ccccc2C1=O. The minimum Gasteiger partial charge on any atom is -0.324 e. The highest BCUT2D eigenvalue weighted by Gasteiger charge is 2.36. The van der Waals surface area contributed by atoms with Gasteiger partial charge in [-0.3, -0.25) is 19.3 Å². The van der Waals surface area contributed by atoms with E-state index in [0.717, 1.165) is 24.9 Å². The van der Waals surface area contributed by atoms with Gasteiger partial charge in [-0.05, 0) is 37.9 Å². The van der Waals surface area contributed by atoms with Crippen LogP contribution in [0.1, 0.15) is 49.0 Å². The Bertz CT molecular complexity index is 670. The van der Waals surface area contributed by atoms with E-state index >= 15 is 0 Å². The van der Waals surface area contributed by atoms with Crippen LogP contribution in [0.25, 0.3) is 0 Å². The van der Waals surface area contributed by atoms with Gasteiger partial charge in [0.15, 0.2) is 5.78 Å². The molecule has 1 aromatic rings. The molecule has 1 amide bonds. The Labute approximate surface area is 142 Å². The summed E-state index contributed by atoms with van der Waals surface area (Å²) in [5.74, 6) is 0.138. The number of benzene rings is 1. The Morgan fingerprint density at radius 1 is 1.29 bits per heavy atom. The van der Waals surface area contributed by atoms with Gasteiger partial charge in [0, 0.05) is 18.5 Å². The number of Topliss-reactive ketones (excluding diaryl/α,β-unsaturated/α-hetero) is 2. The minimum atomic E-state index is -0.470. The first-order valence-electron chi connectivity index (χ1n) is 8.71. The van der Waals surface area contributed by atoms with Gasteiger partial charge in [-0.15, -0.1) is 0 Å². The average molecular weight is 328 g/mol. The van der Waals surface area contributed by atoms with Crippen molar-refractivity contribution in [3.05, 3.63) is 35.4 Å². The zero-order valence-electron chi connectivity index (χ0n) is 14.3. The maximum absolute atomic E-state index is 12.7. The number of nitrogens with zero attached hydrogens (tertiary/aromatic N) is 2. The molecule has 5 nitrogen and oxygen atoms in total. The predicted octanol–water partition coefficient (Wildman–Crippen LogP) is 2.04. The summed E-state index contributed by atoms with van der Waals surface area (Å²) < 4.78 is 0. The van der Waals surface area contributed by atoms with Crippen LogP contribution in [0.3, 0.4) is 0 Å². The van der Waals surface area contributed by atoms with Crippen molar-refractivity contribution in [2.24, 2.45) is 0 Å². The van der Waals surface area contributed by atoms with Crippen LogP contribution in [0.5, 0.6) is 0 Å². The Balaban J connectivity index is 1.66. The fraction of sp³-hybridized carbons (Fsp3) is 0.526. The third-order valence-electron chi connectivity index (χ3n) is 5.23. The van der Waals surface area contributed by atoms with Gasteiger partial charge in [-0.25, -0.2) is 0 Å². The second kappa shape index (κ2) is 6.85. The van der Waals surface area contributed by atoms with Crippen molar-refractivity contribution in [3.63, 3.8) is 0 Å². The maximum Gasteiger partial charge on any atom is 0.255 e. The highest BCUT2D eigenvalue weighted by Crippen LogP contribution is 2.25.